The molecule has 3 unspecified atom stereocenters. The monoisotopic (exact) mass is 570 g/mol. The third-order valence-corrected chi connectivity index (χ3v) is 10.6. The number of aliphatic hydroxyl groups is 1. The van der Waals surface area contributed by atoms with Crippen molar-refractivity contribution in [2.75, 3.05) is 26.3 Å². The highest BCUT2D eigenvalue weighted by atomic mass is 79.9. The molecule has 0 aliphatic carbocycles. The molecule has 3 rings (SSSR count). The fourth-order valence-electron chi connectivity index (χ4n) is 5.86. The summed E-state index contributed by atoms with van der Waals surface area (Å²) in [4.78, 5) is 44.8. The fraction of sp³-hybridized carbons (Fsp3) is 0.731. The van der Waals surface area contributed by atoms with Crippen LogP contribution < -0.4 is 0 Å². The molecule has 0 saturated carbocycles. The number of aliphatic hydroxyl groups excluding tert-OH is 1. The van der Waals surface area contributed by atoms with E-state index in [1.165, 1.54) is 0 Å². The first-order chi connectivity index (χ1) is 16.7. The summed E-state index contributed by atoms with van der Waals surface area (Å²) in [6.07, 6.45) is 7.86. The number of nitrogens with zero attached hydrogens (tertiary/aromatic N) is 2. The molecule has 2 bridgehead atoms. The largest absolute Gasteiger partial charge is 0.465 e. The topological polar surface area (TPSA) is 87.1 Å². The molecule has 3 heterocycles. The van der Waals surface area contributed by atoms with Gasteiger partial charge in [0.2, 0.25) is 11.8 Å². The number of ether oxygens (including phenoxy) is 1. The molecule has 2 amide bonds. The molecule has 1 N–H and O–H groups in total. The predicted molar refractivity (Wildman–Crippen MR) is 142 cm³/mol. The Morgan fingerprint density at radius 3 is 2.63 bits per heavy atom. The maximum Gasteiger partial charge on any atom is 0.310 e. The molecule has 196 valence electrons. The van der Waals surface area contributed by atoms with Crippen LogP contribution in [0.1, 0.15) is 52.4 Å². The standard InChI is InChI=1S/C26H39BrN2O5S/c1-5-7-15-34-25(33)19-20-23(31)29(13-10-8-9-11-14-30)22(24(32)28(12-6-2)17(3)4)26(20)16-18(27)21(19)35-26/h5-6,17-22,30H,1-2,7-16H2,3-4H3/t18?,19-,20-,21-,22?,26?/m0/s1. The molecule has 3 aliphatic heterocycles. The Morgan fingerprint density at radius 1 is 1.29 bits per heavy atom. The Morgan fingerprint density at radius 2 is 2.00 bits per heavy atom. The normalized spacial score (nSPS) is 31.1. The number of alkyl halides is 1. The van der Waals surface area contributed by atoms with Crippen molar-refractivity contribution >= 4 is 45.5 Å². The number of halogens is 1. The van der Waals surface area contributed by atoms with E-state index < -0.39 is 22.6 Å². The summed E-state index contributed by atoms with van der Waals surface area (Å²) in [6, 6.07) is -0.665. The van der Waals surface area contributed by atoms with Crippen LogP contribution in [0.3, 0.4) is 0 Å². The van der Waals surface area contributed by atoms with Crippen molar-refractivity contribution in [2.45, 2.75) is 79.3 Å². The predicted octanol–water partition coefficient (Wildman–Crippen LogP) is 3.55. The van der Waals surface area contributed by atoms with Gasteiger partial charge in [0.1, 0.15) is 6.04 Å². The third-order valence-electron chi connectivity index (χ3n) is 7.40. The smallest absolute Gasteiger partial charge is 0.310 e. The first-order valence-corrected chi connectivity index (χ1v) is 14.5. The number of carbonyl (C=O) groups is 3. The number of hydrogen-bond acceptors (Lipinski definition) is 6. The number of thioether (sulfide) groups is 1. The average molecular weight is 572 g/mol. The van der Waals surface area contributed by atoms with E-state index >= 15 is 0 Å². The van der Waals surface area contributed by atoms with Crippen molar-refractivity contribution in [3.05, 3.63) is 25.3 Å². The zero-order valence-corrected chi connectivity index (χ0v) is 23.3. The van der Waals surface area contributed by atoms with Crippen molar-refractivity contribution in [2.24, 2.45) is 11.8 Å². The first-order valence-electron chi connectivity index (χ1n) is 12.7. The molecular formula is C26H39BrN2O5S. The summed E-state index contributed by atoms with van der Waals surface area (Å²) >= 11 is 5.41. The zero-order valence-electron chi connectivity index (χ0n) is 20.9. The van der Waals surface area contributed by atoms with Gasteiger partial charge in [0.05, 0.1) is 23.2 Å². The van der Waals surface area contributed by atoms with Gasteiger partial charge in [-0.15, -0.1) is 24.9 Å². The number of esters is 1. The van der Waals surface area contributed by atoms with Crippen LogP contribution >= 0.6 is 27.7 Å². The van der Waals surface area contributed by atoms with Gasteiger partial charge in [-0.25, -0.2) is 0 Å². The van der Waals surface area contributed by atoms with Crippen molar-refractivity contribution in [3.8, 4) is 0 Å². The summed E-state index contributed by atoms with van der Waals surface area (Å²) < 4.78 is 4.90. The summed E-state index contributed by atoms with van der Waals surface area (Å²) in [5.74, 6) is -1.66. The quantitative estimate of drug-likeness (QED) is 0.149. The maximum absolute atomic E-state index is 14.1. The molecule has 0 aromatic rings. The lowest BCUT2D eigenvalue weighted by Crippen LogP contribution is -2.56. The Hall–Kier alpha value is -1.32. The van der Waals surface area contributed by atoms with Gasteiger partial charge in [0, 0.05) is 35.8 Å². The summed E-state index contributed by atoms with van der Waals surface area (Å²) in [5.41, 5.74) is 0. The van der Waals surface area contributed by atoms with Crippen molar-refractivity contribution in [1.29, 1.82) is 0 Å². The first kappa shape index (κ1) is 28.3. The number of hydrogen-bond donors (Lipinski definition) is 1. The molecule has 9 heteroatoms. The Bertz CT molecular complexity index is 824. The van der Waals surface area contributed by atoms with Crippen LogP contribution in [0.15, 0.2) is 25.3 Å². The summed E-state index contributed by atoms with van der Waals surface area (Å²) in [7, 11) is 0. The highest BCUT2D eigenvalue weighted by molar-refractivity contribution is 9.09. The lowest BCUT2D eigenvalue weighted by Gasteiger charge is -2.39. The van der Waals surface area contributed by atoms with Gasteiger partial charge in [-0.05, 0) is 39.5 Å². The van der Waals surface area contributed by atoms with E-state index in [9.17, 15) is 14.4 Å². The Kier molecular flexibility index (Phi) is 9.91. The van der Waals surface area contributed by atoms with E-state index in [-0.39, 0.29) is 47.1 Å². The number of carbonyl (C=O) groups excluding carboxylic acids is 3. The van der Waals surface area contributed by atoms with Gasteiger partial charge in [0.25, 0.3) is 0 Å². The molecule has 0 aromatic heterocycles. The molecule has 3 aliphatic rings. The third kappa shape index (κ3) is 5.37. The second kappa shape index (κ2) is 12.3. The molecule has 7 nitrogen and oxygen atoms in total. The van der Waals surface area contributed by atoms with Crippen LogP contribution in [0.25, 0.3) is 0 Å². The van der Waals surface area contributed by atoms with Crippen LogP contribution in [0.5, 0.6) is 0 Å². The highest BCUT2D eigenvalue weighted by Crippen LogP contribution is 2.68. The molecule has 35 heavy (non-hydrogen) atoms. The van der Waals surface area contributed by atoms with Crippen molar-refractivity contribution < 1.29 is 24.2 Å². The highest BCUT2D eigenvalue weighted by Gasteiger charge is 2.76. The summed E-state index contributed by atoms with van der Waals surface area (Å²) in [6.45, 7) is 12.7. The average Bonchev–Trinajstić information content (AvgIpc) is 3.40. The Labute approximate surface area is 221 Å². The zero-order chi connectivity index (χ0) is 25.8. The van der Waals surface area contributed by atoms with Crippen LogP contribution in [0.2, 0.25) is 0 Å². The van der Waals surface area contributed by atoms with E-state index in [1.54, 1.807) is 33.7 Å². The molecular weight excluding hydrogens is 532 g/mol. The molecule has 0 aromatic carbocycles. The number of unbranched alkanes of at least 4 members (excludes halogenated alkanes) is 3. The minimum absolute atomic E-state index is 0.0280. The minimum Gasteiger partial charge on any atom is -0.465 e. The minimum atomic E-state index is -0.658. The lowest BCUT2D eigenvalue weighted by atomic mass is 9.71. The second-order valence-electron chi connectivity index (χ2n) is 9.95. The van der Waals surface area contributed by atoms with E-state index in [0.29, 0.717) is 25.9 Å². The second-order valence-corrected chi connectivity index (χ2v) is 12.7. The van der Waals surface area contributed by atoms with Crippen LogP contribution in [0.4, 0.5) is 0 Å². The van der Waals surface area contributed by atoms with Crippen LogP contribution in [0, 0.1) is 11.8 Å². The maximum atomic E-state index is 14.1. The van der Waals surface area contributed by atoms with E-state index in [0.717, 1.165) is 25.7 Å². The van der Waals surface area contributed by atoms with Gasteiger partial charge < -0.3 is 19.6 Å². The van der Waals surface area contributed by atoms with Gasteiger partial charge in [-0.2, -0.15) is 0 Å². The molecule has 3 saturated heterocycles. The molecule has 6 atom stereocenters. The number of fused-ring (bicyclic) bond motifs is 1. The Balaban J connectivity index is 1.95. The van der Waals surface area contributed by atoms with E-state index in [1.807, 2.05) is 13.8 Å². The van der Waals surface area contributed by atoms with Crippen molar-refractivity contribution in [1.82, 2.24) is 9.80 Å². The molecule has 3 fully saturated rings. The number of amides is 2. The molecule has 0 radical (unpaired) electrons. The number of rotatable bonds is 14. The van der Waals surface area contributed by atoms with Crippen LogP contribution in [-0.2, 0) is 19.1 Å². The van der Waals surface area contributed by atoms with Gasteiger partial charge >= 0.3 is 5.97 Å². The fourth-order valence-corrected chi connectivity index (χ4v) is 9.45. The van der Waals surface area contributed by atoms with Gasteiger partial charge in [-0.3, -0.25) is 14.4 Å². The summed E-state index contributed by atoms with van der Waals surface area (Å²) in [5, 5.41) is 8.98. The lowest BCUT2D eigenvalue weighted by molar-refractivity contribution is -0.154. The van der Waals surface area contributed by atoms with Gasteiger partial charge in [0.15, 0.2) is 0 Å². The SMILES string of the molecule is C=CCCOC(=O)[C@H]1[C@H]2C(=O)N(CCCCCCO)C(C(=O)N(CC=C)C(C)C)C23CC(Br)[C@@H]1S3. The number of likely N-dealkylation sites (tertiary alicyclic amines) is 1. The van der Waals surface area contributed by atoms with Crippen LogP contribution in [-0.4, -0.2) is 85.9 Å². The van der Waals surface area contributed by atoms with Crippen molar-refractivity contribution in [3.63, 3.8) is 0 Å². The molecule has 1 spiro atoms. The van der Waals surface area contributed by atoms with Gasteiger partial charge in [-0.1, -0.05) is 40.9 Å². The van der Waals surface area contributed by atoms with E-state index in [4.69, 9.17) is 9.84 Å². The van der Waals surface area contributed by atoms with E-state index in [2.05, 4.69) is 29.1 Å².